The number of fused-ring (bicyclic) bond motifs is 5. The molecule has 0 saturated carbocycles. The lowest BCUT2D eigenvalue weighted by molar-refractivity contribution is 0.283. The summed E-state index contributed by atoms with van der Waals surface area (Å²) in [4.78, 5) is 7.09. The van der Waals surface area contributed by atoms with Crippen LogP contribution < -0.4 is 19.7 Å². The first-order valence-corrected chi connectivity index (χ1v) is 11.4. The van der Waals surface area contributed by atoms with Gasteiger partial charge < -0.3 is 19.7 Å². The zero-order chi connectivity index (χ0) is 22.5. The Bertz CT molecular complexity index is 1210. The summed E-state index contributed by atoms with van der Waals surface area (Å²) in [7, 11) is 3.62. The van der Waals surface area contributed by atoms with E-state index in [9.17, 15) is 0 Å². The fourth-order valence-corrected chi connectivity index (χ4v) is 5.44. The van der Waals surface area contributed by atoms with Crippen molar-refractivity contribution in [2.45, 2.75) is 50.4 Å². The standard InChI is InChI=1S/C25H26FN5O2/c1-31(17-10-15-3-4-16(11-17)28-15)22-8-7-20-19-6-5-18(14-9-23(32-2)30-27-12-14)24(26)21(19)13-33-25(20)29-22/h5-9,12,15-17,28H,3-4,10-11,13H2,1-2H3. The van der Waals surface area contributed by atoms with E-state index in [0.717, 1.165) is 29.8 Å². The van der Waals surface area contributed by atoms with Crippen LogP contribution >= 0.6 is 0 Å². The van der Waals surface area contributed by atoms with Crippen LogP contribution in [0.1, 0.15) is 31.2 Å². The van der Waals surface area contributed by atoms with Gasteiger partial charge in [0.05, 0.1) is 13.3 Å². The second-order valence-electron chi connectivity index (χ2n) is 9.12. The Morgan fingerprint density at radius 2 is 1.85 bits per heavy atom. The number of benzene rings is 1. The van der Waals surface area contributed by atoms with Crippen molar-refractivity contribution in [2.75, 3.05) is 19.1 Å². The van der Waals surface area contributed by atoms with E-state index in [1.807, 2.05) is 18.2 Å². The molecule has 2 atom stereocenters. The fourth-order valence-electron chi connectivity index (χ4n) is 5.44. The minimum absolute atomic E-state index is 0.134. The minimum atomic E-state index is -0.320. The lowest BCUT2D eigenvalue weighted by Gasteiger charge is -2.36. The van der Waals surface area contributed by atoms with Crippen LogP contribution in [-0.4, -0.2) is 47.5 Å². The number of hydrogen-bond donors (Lipinski definition) is 1. The predicted molar refractivity (Wildman–Crippen MR) is 123 cm³/mol. The number of methoxy groups -OCH3 is 1. The van der Waals surface area contributed by atoms with Crippen LogP contribution in [0.15, 0.2) is 36.5 Å². The molecule has 6 rings (SSSR count). The van der Waals surface area contributed by atoms with Crippen molar-refractivity contribution in [2.24, 2.45) is 0 Å². The summed E-state index contributed by atoms with van der Waals surface area (Å²) >= 11 is 0. The number of hydrogen-bond acceptors (Lipinski definition) is 7. The van der Waals surface area contributed by atoms with Gasteiger partial charge >= 0.3 is 0 Å². The van der Waals surface area contributed by atoms with Gasteiger partial charge in [0, 0.05) is 53.5 Å². The zero-order valence-corrected chi connectivity index (χ0v) is 18.7. The Kier molecular flexibility index (Phi) is 4.90. The number of rotatable bonds is 4. The Hall–Kier alpha value is -3.26. The van der Waals surface area contributed by atoms with E-state index >= 15 is 4.39 Å². The van der Waals surface area contributed by atoms with Crippen molar-refractivity contribution in [1.29, 1.82) is 0 Å². The third-order valence-electron chi connectivity index (χ3n) is 7.24. The number of halogens is 1. The summed E-state index contributed by atoms with van der Waals surface area (Å²) in [5.41, 5.74) is 3.20. The maximum absolute atomic E-state index is 15.5. The van der Waals surface area contributed by atoms with Gasteiger partial charge in [-0.1, -0.05) is 12.1 Å². The van der Waals surface area contributed by atoms with Crippen molar-refractivity contribution < 1.29 is 13.9 Å². The molecule has 2 unspecified atom stereocenters. The van der Waals surface area contributed by atoms with E-state index in [4.69, 9.17) is 14.5 Å². The van der Waals surface area contributed by atoms with Crippen LogP contribution in [0.3, 0.4) is 0 Å². The Morgan fingerprint density at radius 1 is 1.09 bits per heavy atom. The quantitative estimate of drug-likeness (QED) is 0.649. The Morgan fingerprint density at radius 3 is 2.64 bits per heavy atom. The molecule has 3 aliphatic rings. The normalized spacial score (nSPS) is 22.8. The van der Waals surface area contributed by atoms with Crippen molar-refractivity contribution in [3.8, 4) is 34.0 Å². The Labute approximate surface area is 192 Å². The fraction of sp³-hybridized carbons (Fsp3) is 0.400. The molecular weight excluding hydrogens is 421 g/mol. The molecular formula is C25H26FN5O2. The lowest BCUT2D eigenvalue weighted by atomic mass is 9.94. The first kappa shape index (κ1) is 20.4. The molecule has 2 aromatic heterocycles. The number of nitrogens with one attached hydrogen (secondary N) is 1. The highest BCUT2D eigenvalue weighted by Crippen LogP contribution is 2.41. The van der Waals surface area contributed by atoms with Crippen molar-refractivity contribution in [3.05, 3.63) is 47.9 Å². The summed E-state index contributed by atoms with van der Waals surface area (Å²) in [6.07, 6.45) is 6.34. The van der Waals surface area contributed by atoms with Gasteiger partial charge in [0.25, 0.3) is 0 Å². The van der Waals surface area contributed by atoms with Gasteiger partial charge in [0.1, 0.15) is 18.2 Å². The van der Waals surface area contributed by atoms with Crippen molar-refractivity contribution >= 4 is 5.82 Å². The molecule has 0 amide bonds. The number of piperidine rings is 1. The molecule has 5 heterocycles. The molecule has 0 radical (unpaired) electrons. The van der Waals surface area contributed by atoms with Gasteiger partial charge in [0.2, 0.25) is 11.8 Å². The van der Waals surface area contributed by atoms with Crippen LogP contribution in [0.5, 0.6) is 11.8 Å². The molecule has 2 fully saturated rings. The first-order valence-electron chi connectivity index (χ1n) is 11.4. The summed E-state index contributed by atoms with van der Waals surface area (Å²) in [5.74, 6) is 1.48. The van der Waals surface area contributed by atoms with Gasteiger partial charge in [-0.2, -0.15) is 10.1 Å². The number of ether oxygens (including phenoxy) is 2. The molecule has 0 aliphatic carbocycles. The molecule has 3 aliphatic heterocycles. The molecule has 1 N–H and O–H groups in total. The van der Waals surface area contributed by atoms with Crippen LogP contribution in [0.25, 0.3) is 22.3 Å². The summed E-state index contributed by atoms with van der Waals surface area (Å²) < 4.78 is 26.6. The van der Waals surface area contributed by atoms with Gasteiger partial charge in [-0.15, -0.1) is 5.10 Å². The lowest BCUT2D eigenvalue weighted by Crippen LogP contribution is -2.47. The van der Waals surface area contributed by atoms with Crippen molar-refractivity contribution in [3.63, 3.8) is 0 Å². The molecule has 2 bridgehead atoms. The van der Waals surface area contributed by atoms with Gasteiger partial charge in [0.15, 0.2) is 0 Å². The summed E-state index contributed by atoms with van der Waals surface area (Å²) in [5, 5.41) is 11.5. The van der Waals surface area contributed by atoms with Gasteiger partial charge in [-0.3, -0.25) is 0 Å². The first-order chi connectivity index (χ1) is 16.1. The molecule has 2 saturated heterocycles. The SMILES string of the molecule is COc1cc(-c2ccc3c(c2F)COc2nc(N(C)C4CC5CCC(C4)N5)ccc2-3)cnn1. The number of aromatic nitrogens is 3. The van der Waals surface area contributed by atoms with Gasteiger partial charge in [-0.25, -0.2) is 4.39 Å². The van der Waals surface area contributed by atoms with Crippen LogP contribution in [0, 0.1) is 5.82 Å². The average Bonchev–Trinajstić information content (AvgIpc) is 3.20. The zero-order valence-electron chi connectivity index (χ0n) is 18.7. The number of pyridine rings is 1. The molecule has 170 valence electrons. The minimum Gasteiger partial charge on any atom is -0.480 e. The highest BCUT2D eigenvalue weighted by molar-refractivity contribution is 5.78. The predicted octanol–water partition coefficient (Wildman–Crippen LogP) is 3.96. The summed E-state index contributed by atoms with van der Waals surface area (Å²) in [6, 6.07) is 11.1. The second kappa shape index (κ2) is 7.95. The monoisotopic (exact) mass is 447 g/mol. The van der Waals surface area contributed by atoms with Gasteiger partial charge in [-0.05, 0) is 43.4 Å². The van der Waals surface area contributed by atoms with Crippen molar-refractivity contribution in [1.82, 2.24) is 20.5 Å². The molecule has 8 heteroatoms. The molecule has 3 aromatic rings. The topological polar surface area (TPSA) is 72.4 Å². The van der Waals surface area contributed by atoms with E-state index in [1.165, 1.54) is 26.1 Å². The highest BCUT2D eigenvalue weighted by atomic mass is 19.1. The number of nitrogens with zero attached hydrogens (tertiary/aromatic N) is 4. The van der Waals surface area contributed by atoms with E-state index in [1.54, 1.807) is 12.1 Å². The van der Waals surface area contributed by atoms with E-state index in [2.05, 4.69) is 27.5 Å². The van der Waals surface area contributed by atoms with Crippen LogP contribution in [0.2, 0.25) is 0 Å². The number of anilines is 1. The summed E-state index contributed by atoms with van der Waals surface area (Å²) in [6.45, 7) is 0.134. The molecule has 1 aromatic carbocycles. The average molecular weight is 448 g/mol. The third kappa shape index (κ3) is 3.49. The van der Waals surface area contributed by atoms with E-state index in [-0.39, 0.29) is 12.4 Å². The smallest absolute Gasteiger partial charge is 0.233 e. The molecule has 7 nitrogen and oxygen atoms in total. The van der Waals surface area contributed by atoms with E-state index < -0.39 is 0 Å². The second-order valence-corrected chi connectivity index (χ2v) is 9.12. The molecule has 0 spiro atoms. The Balaban J connectivity index is 1.31. The maximum Gasteiger partial charge on any atom is 0.233 e. The van der Waals surface area contributed by atoms with E-state index in [0.29, 0.717) is 46.6 Å². The highest BCUT2D eigenvalue weighted by Gasteiger charge is 2.36. The van der Waals surface area contributed by atoms with Crippen LogP contribution in [0.4, 0.5) is 10.2 Å². The third-order valence-corrected chi connectivity index (χ3v) is 7.24. The maximum atomic E-state index is 15.5. The largest absolute Gasteiger partial charge is 0.480 e. The molecule has 33 heavy (non-hydrogen) atoms. The van der Waals surface area contributed by atoms with Crippen LogP contribution in [-0.2, 0) is 6.61 Å².